The highest BCUT2D eigenvalue weighted by Crippen LogP contribution is 2.32. The monoisotopic (exact) mass is 475 g/mol. The summed E-state index contributed by atoms with van der Waals surface area (Å²) in [4.78, 5) is 32.8. The Labute approximate surface area is 189 Å². The number of fused-ring (bicyclic) bond motifs is 2. The highest BCUT2D eigenvalue weighted by molar-refractivity contribution is 7.18. The highest BCUT2D eigenvalue weighted by atomic mass is 32.1. The predicted octanol–water partition coefficient (Wildman–Crippen LogP) is 4.78. The summed E-state index contributed by atoms with van der Waals surface area (Å²) < 4.78 is 38.1. The Kier molecular flexibility index (Phi) is 6.14. The molecule has 4 heterocycles. The van der Waals surface area contributed by atoms with Crippen LogP contribution in [0.1, 0.15) is 21.1 Å². The van der Waals surface area contributed by atoms with E-state index < -0.39 is 12.1 Å². The van der Waals surface area contributed by atoms with Crippen molar-refractivity contribution < 1.29 is 32.3 Å². The van der Waals surface area contributed by atoms with E-state index in [1.54, 1.807) is 30.1 Å². The highest BCUT2D eigenvalue weighted by Gasteiger charge is 2.38. The van der Waals surface area contributed by atoms with Crippen molar-refractivity contribution in [3.05, 3.63) is 71.4 Å². The molecule has 11 heteroatoms. The van der Waals surface area contributed by atoms with Gasteiger partial charge in [-0.05, 0) is 24.3 Å². The zero-order chi connectivity index (χ0) is 23.6. The molecule has 0 radical (unpaired) electrons. The number of para-hydroxylation sites is 1. The van der Waals surface area contributed by atoms with Gasteiger partial charge in [0.05, 0.1) is 45.6 Å². The van der Waals surface area contributed by atoms with Crippen molar-refractivity contribution >= 4 is 33.4 Å². The number of aromatic nitrogens is 2. The molecule has 1 aliphatic rings. The summed E-state index contributed by atoms with van der Waals surface area (Å²) in [6, 6.07) is 11.9. The fourth-order valence-corrected chi connectivity index (χ4v) is 4.33. The van der Waals surface area contributed by atoms with Gasteiger partial charge in [-0.15, -0.1) is 11.3 Å². The molecule has 1 N–H and O–H groups in total. The fraction of sp³-hybridized carbons (Fsp3) is 0.182. The van der Waals surface area contributed by atoms with Gasteiger partial charge in [-0.1, -0.05) is 12.1 Å². The molecular formula is C22H16F3N3O4S. The van der Waals surface area contributed by atoms with Crippen LogP contribution in [0, 0.1) is 0 Å². The van der Waals surface area contributed by atoms with Crippen LogP contribution >= 0.6 is 11.3 Å². The van der Waals surface area contributed by atoms with Gasteiger partial charge in [0.2, 0.25) is 0 Å². The molecule has 7 nitrogen and oxygen atoms in total. The molecule has 0 bridgehead atoms. The number of nitrogens with zero attached hydrogens (tertiary/aromatic N) is 3. The molecule has 0 saturated heterocycles. The van der Waals surface area contributed by atoms with Gasteiger partial charge in [0.25, 0.3) is 5.91 Å². The Morgan fingerprint density at radius 1 is 1.21 bits per heavy atom. The molecule has 0 fully saturated rings. The number of furan rings is 1. The molecule has 0 unspecified atom stereocenters. The minimum Gasteiger partial charge on any atom is -0.475 e. The number of carbonyl (C=O) groups excluding carboxylic acids is 1. The number of alkyl halides is 3. The second-order valence-corrected chi connectivity index (χ2v) is 8.16. The van der Waals surface area contributed by atoms with Crippen LogP contribution in [-0.4, -0.2) is 44.6 Å². The minimum atomic E-state index is -5.08. The van der Waals surface area contributed by atoms with Gasteiger partial charge in [0.1, 0.15) is 0 Å². The van der Waals surface area contributed by atoms with Gasteiger partial charge >= 0.3 is 12.1 Å². The van der Waals surface area contributed by atoms with E-state index in [1.165, 1.54) is 4.70 Å². The lowest BCUT2D eigenvalue weighted by Gasteiger charge is -2.14. The number of halogens is 3. The molecule has 3 aromatic heterocycles. The zero-order valence-electron chi connectivity index (χ0n) is 16.9. The van der Waals surface area contributed by atoms with E-state index in [1.807, 2.05) is 35.2 Å². The van der Waals surface area contributed by atoms with Gasteiger partial charge in [-0.2, -0.15) is 13.2 Å². The van der Waals surface area contributed by atoms with Crippen LogP contribution in [0.25, 0.3) is 21.3 Å². The Hall–Kier alpha value is -3.73. The summed E-state index contributed by atoms with van der Waals surface area (Å²) >= 11 is 1.69. The number of pyridine rings is 1. The van der Waals surface area contributed by atoms with Crippen molar-refractivity contribution in [3.63, 3.8) is 0 Å². The number of aliphatic carboxylic acids is 1. The topological polar surface area (TPSA) is 96.5 Å². The molecular weight excluding hydrogens is 459 g/mol. The smallest absolute Gasteiger partial charge is 0.475 e. The maximum Gasteiger partial charge on any atom is 0.490 e. The van der Waals surface area contributed by atoms with Crippen molar-refractivity contribution in [3.8, 4) is 11.1 Å². The zero-order valence-corrected chi connectivity index (χ0v) is 17.7. The number of carboxylic acids is 1. The Morgan fingerprint density at radius 3 is 2.64 bits per heavy atom. The normalized spacial score (nSPS) is 13.1. The van der Waals surface area contributed by atoms with Gasteiger partial charge in [0, 0.05) is 30.3 Å². The number of benzene rings is 1. The summed E-state index contributed by atoms with van der Waals surface area (Å²) in [5.41, 5.74) is 4.34. The molecule has 0 aliphatic carbocycles. The van der Waals surface area contributed by atoms with Crippen LogP contribution in [0.3, 0.4) is 0 Å². The summed E-state index contributed by atoms with van der Waals surface area (Å²) in [6.45, 7) is 1.19. The standard InChI is InChI=1S/C20H15N3O2S.C2HF3O2/c24-20-19-14(13-7-10-25-12-13)5-8-21-16(19)11-23(20)9-6-18-22-15-3-1-2-4-17(15)26-18;3-2(4,5)1(6)7/h1-5,7-8,10,12H,6,9,11H2;(H,6,7). The first kappa shape index (κ1) is 22.5. The third kappa shape index (κ3) is 4.87. The molecule has 1 amide bonds. The number of amides is 1. The van der Waals surface area contributed by atoms with E-state index in [0.29, 0.717) is 18.7 Å². The van der Waals surface area contributed by atoms with E-state index >= 15 is 0 Å². The second kappa shape index (κ2) is 9.02. The van der Waals surface area contributed by atoms with Crippen LogP contribution in [0.4, 0.5) is 13.2 Å². The number of hydrogen-bond donors (Lipinski definition) is 1. The maximum absolute atomic E-state index is 12.9. The lowest BCUT2D eigenvalue weighted by Crippen LogP contribution is -2.26. The lowest BCUT2D eigenvalue weighted by atomic mass is 10.0. The minimum absolute atomic E-state index is 0.0328. The van der Waals surface area contributed by atoms with E-state index in [9.17, 15) is 18.0 Å². The van der Waals surface area contributed by atoms with Crippen LogP contribution < -0.4 is 0 Å². The van der Waals surface area contributed by atoms with Crippen molar-refractivity contribution in [2.24, 2.45) is 0 Å². The molecule has 1 aromatic carbocycles. The largest absolute Gasteiger partial charge is 0.490 e. The Balaban J connectivity index is 0.000000325. The van der Waals surface area contributed by atoms with Gasteiger partial charge in [0.15, 0.2) is 0 Å². The summed E-state index contributed by atoms with van der Waals surface area (Å²) in [6.07, 6.45) is 0.699. The van der Waals surface area contributed by atoms with E-state index in [4.69, 9.17) is 14.3 Å². The average Bonchev–Trinajstić information content (AvgIpc) is 3.51. The molecule has 0 atom stereocenters. The van der Waals surface area contributed by atoms with Crippen LogP contribution in [0.5, 0.6) is 0 Å². The molecule has 0 saturated carbocycles. The molecule has 33 heavy (non-hydrogen) atoms. The molecule has 170 valence electrons. The predicted molar refractivity (Wildman–Crippen MR) is 114 cm³/mol. The van der Waals surface area contributed by atoms with E-state index in [2.05, 4.69) is 16.0 Å². The third-order valence-corrected chi connectivity index (χ3v) is 5.98. The van der Waals surface area contributed by atoms with Crippen LogP contribution in [-0.2, 0) is 17.8 Å². The lowest BCUT2D eigenvalue weighted by molar-refractivity contribution is -0.192. The quantitative estimate of drug-likeness (QED) is 0.456. The number of thiazole rings is 1. The Bertz CT molecular complexity index is 1270. The van der Waals surface area contributed by atoms with Crippen molar-refractivity contribution in [2.75, 3.05) is 6.54 Å². The van der Waals surface area contributed by atoms with Crippen molar-refractivity contribution in [1.29, 1.82) is 0 Å². The summed E-state index contributed by atoms with van der Waals surface area (Å²) in [5.74, 6) is -2.72. The first-order chi connectivity index (χ1) is 15.7. The molecule has 5 rings (SSSR count). The average molecular weight is 475 g/mol. The SMILES string of the molecule is O=C(O)C(F)(F)F.O=C1c2c(-c3ccoc3)ccnc2CN1CCc1nc2ccccc2s1. The fourth-order valence-electron chi connectivity index (χ4n) is 3.37. The molecule has 1 aliphatic heterocycles. The van der Waals surface area contributed by atoms with Gasteiger partial charge in [-0.25, -0.2) is 9.78 Å². The van der Waals surface area contributed by atoms with E-state index in [-0.39, 0.29) is 5.91 Å². The number of carbonyl (C=O) groups is 2. The Morgan fingerprint density at radius 2 is 1.97 bits per heavy atom. The number of rotatable bonds is 4. The van der Waals surface area contributed by atoms with E-state index in [0.717, 1.165) is 33.8 Å². The van der Waals surface area contributed by atoms with Gasteiger partial charge in [-0.3, -0.25) is 9.78 Å². The number of hydrogen-bond acceptors (Lipinski definition) is 6. The first-order valence-corrected chi connectivity index (χ1v) is 10.5. The van der Waals surface area contributed by atoms with Crippen molar-refractivity contribution in [2.45, 2.75) is 19.1 Å². The van der Waals surface area contributed by atoms with Crippen LogP contribution in [0.15, 0.2) is 59.5 Å². The maximum atomic E-state index is 12.9. The van der Waals surface area contributed by atoms with Gasteiger partial charge < -0.3 is 14.4 Å². The molecule has 0 spiro atoms. The number of carboxylic acid groups (broad SMARTS) is 1. The van der Waals surface area contributed by atoms with Crippen molar-refractivity contribution in [1.82, 2.24) is 14.9 Å². The first-order valence-electron chi connectivity index (χ1n) is 9.68. The second-order valence-electron chi connectivity index (χ2n) is 7.05. The van der Waals surface area contributed by atoms with Crippen LogP contribution in [0.2, 0.25) is 0 Å². The third-order valence-electron chi connectivity index (χ3n) is 4.88. The summed E-state index contributed by atoms with van der Waals surface area (Å²) in [7, 11) is 0. The summed E-state index contributed by atoms with van der Waals surface area (Å²) in [5, 5.41) is 8.18. The molecule has 4 aromatic rings.